The third kappa shape index (κ3) is 3.48. The van der Waals surface area contributed by atoms with Crippen molar-refractivity contribution in [3.63, 3.8) is 0 Å². The number of amides is 3. The molecule has 0 aliphatic heterocycles. The molecule has 1 aromatic carbocycles. The van der Waals surface area contributed by atoms with Gasteiger partial charge in [-0.25, -0.2) is 9.59 Å². The summed E-state index contributed by atoms with van der Waals surface area (Å²) in [4.78, 5) is 45.8. The molecular weight excluding hydrogens is 292 g/mol. The molecule has 0 atom stereocenters. The molecule has 114 valence electrons. The molecule has 0 saturated carbocycles. The number of carbonyl (C=O) groups excluding carboxylic acids is 3. The quantitative estimate of drug-likeness (QED) is 0.793. The number of urea groups is 1. The van der Waals surface area contributed by atoms with Crippen LogP contribution in [-0.4, -0.2) is 31.6 Å². The van der Waals surface area contributed by atoms with Crippen molar-refractivity contribution in [2.75, 3.05) is 13.7 Å². The van der Waals surface area contributed by atoms with Crippen molar-refractivity contribution < 1.29 is 23.5 Å². The van der Waals surface area contributed by atoms with Crippen molar-refractivity contribution in [1.82, 2.24) is 10.6 Å². The molecule has 0 bridgehead atoms. The van der Waals surface area contributed by atoms with Gasteiger partial charge in [-0.05, 0) is 12.1 Å². The first-order valence-electron chi connectivity index (χ1n) is 6.23. The Kier molecular flexibility index (Phi) is 4.52. The van der Waals surface area contributed by atoms with Crippen LogP contribution in [0, 0.1) is 0 Å². The van der Waals surface area contributed by atoms with Crippen LogP contribution in [-0.2, 0) is 9.53 Å². The fourth-order valence-corrected chi connectivity index (χ4v) is 1.63. The van der Waals surface area contributed by atoms with Crippen LogP contribution in [0.1, 0.15) is 10.6 Å². The van der Waals surface area contributed by atoms with E-state index in [0.717, 1.165) is 6.07 Å². The molecule has 0 saturated heterocycles. The number of imide groups is 1. The Bertz CT molecular complexity index is 795. The normalized spacial score (nSPS) is 10.0. The van der Waals surface area contributed by atoms with Gasteiger partial charge in [-0.1, -0.05) is 12.1 Å². The molecule has 2 aromatic rings. The molecule has 0 aliphatic rings. The van der Waals surface area contributed by atoms with Gasteiger partial charge in [0.2, 0.25) is 5.76 Å². The van der Waals surface area contributed by atoms with Crippen molar-refractivity contribution in [3.8, 4) is 0 Å². The van der Waals surface area contributed by atoms with Gasteiger partial charge in [-0.15, -0.1) is 0 Å². The van der Waals surface area contributed by atoms with E-state index in [9.17, 15) is 19.2 Å². The minimum absolute atomic E-state index is 0.233. The maximum absolute atomic E-state index is 11.8. The minimum atomic E-state index is -0.977. The maximum atomic E-state index is 11.8. The zero-order valence-electron chi connectivity index (χ0n) is 11.5. The van der Waals surface area contributed by atoms with Gasteiger partial charge in [-0.2, -0.15) is 0 Å². The maximum Gasteiger partial charge on any atom is 0.374 e. The van der Waals surface area contributed by atoms with E-state index in [2.05, 4.69) is 10.1 Å². The predicted molar refractivity (Wildman–Crippen MR) is 75.4 cm³/mol. The van der Waals surface area contributed by atoms with Gasteiger partial charge in [0.15, 0.2) is 12.0 Å². The van der Waals surface area contributed by atoms with Gasteiger partial charge >= 0.3 is 12.0 Å². The van der Waals surface area contributed by atoms with Gasteiger partial charge in [0, 0.05) is 13.1 Å². The minimum Gasteiger partial charge on any atom is -0.450 e. The summed E-state index contributed by atoms with van der Waals surface area (Å²) in [6, 6.07) is 6.68. The summed E-state index contributed by atoms with van der Waals surface area (Å²) in [7, 11) is 1.33. The lowest BCUT2D eigenvalue weighted by atomic mass is 10.2. The molecule has 1 aromatic heterocycles. The molecule has 0 radical (unpaired) electrons. The lowest BCUT2D eigenvalue weighted by Gasteiger charge is -2.05. The average Bonchev–Trinajstić information content (AvgIpc) is 2.52. The van der Waals surface area contributed by atoms with Crippen LogP contribution in [0.25, 0.3) is 11.0 Å². The summed E-state index contributed by atoms with van der Waals surface area (Å²) in [5.41, 5.74) is -0.166. The number of nitrogens with one attached hydrogen (secondary N) is 2. The van der Waals surface area contributed by atoms with Crippen LogP contribution in [0.2, 0.25) is 0 Å². The largest absolute Gasteiger partial charge is 0.450 e. The number of esters is 1. The summed E-state index contributed by atoms with van der Waals surface area (Å²) in [6.07, 6.45) is 0. The highest BCUT2D eigenvalue weighted by Gasteiger charge is 2.16. The highest BCUT2D eigenvalue weighted by Crippen LogP contribution is 2.12. The molecule has 0 spiro atoms. The van der Waals surface area contributed by atoms with E-state index in [1.165, 1.54) is 13.1 Å². The number of fused-ring (bicyclic) bond motifs is 1. The van der Waals surface area contributed by atoms with Crippen LogP contribution in [0.3, 0.4) is 0 Å². The molecule has 0 unspecified atom stereocenters. The van der Waals surface area contributed by atoms with Gasteiger partial charge in [0.05, 0.1) is 5.39 Å². The molecule has 0 aliphatic carbocycles. The number of hydrogen-bond acceptors (Lipinski definition) is 6. The lowest BCUT2D eigenvalue weighted by molar-refractivity contribution is -0.123. The number of hydrogen-bond donors (Lipinski definition) is 2. The van der Waals surface area contributed by atoms with Gasteiger partial charge in [0.1, 0.15) is 5.58 Å². The first-order chi connectivity index (χ1) is 10.5. The molecule has 2 N–H and O–H groups in total. The van der Waals surface area contributed by atoms with Crippen LogP contribution in [0.15, 0.2) is 39.5 Å². The van der Waals surface area contributed by atoms with E-state index < -0.39 is 29.9 Å². The summed E-state index contributed by atoms with van der Waals surface area (Å²) >= 11 is 0. The van der Waals surface area contributed by atoms with E-state index in [1.54, 1.807) is 18.2 Å². The van der Waals surface area contributed by atoms with Gasteiger partial charge in [0.25, 0.3) is 5.91 Å². The predicted octanol–water partition coefficient (Wildman–Crippen LogP) is 0.405. The van der Waals surface area contributed by atoms with Crippen molar-refractivity contribution in [2.45, 2.75) is 0 Å². The van der Waals surface area contributed by atoms with Crippen LogP contribution >= 0.6 is 0 Å². The fraction of sp³-hybridized carbons (Fsp3) is 0.143. The smallest absolute Gasteiger partial charge is 0.374 e. The van der Waals surface area contributed by atoms with Gasteiger partial charge in [-0.3, -0.25) is 14.9 Å². The zero-order valence-corrected chi connectivity index (χ0v) is 11.5. The second-order valence-electron chi connectivity index (χ2n) is 4.17. The van der Waals surface area contributed by atoms with Crippen LogP contribution in [0.5, 0.6) is 0 Å². The van der Waals surface area contributed by atoms with Crippen molar-refractivity contribution in [2.24, 2.45) is 0 Å². The topological polar surface area (TPSA) is 115 Å². The van der Waals surface area contributed by atoms with Crippen molar-refractivity contribution in [1.29, 1.82) is 0 Å². The van der Waals surface area contributed by atoms with Crippen molar-refractivity contribution >= 4 is 28.9 Å². The summed E-state index contributed by atoms with van der Waals surface area (Å²) in [6.45, 7) is -0.678. The number of rotatable bonds is 3. The zero-order chi connectivity index (χ0) is 16.1. The van der Waals surface area contributed by atoms with Crippen LogP contribution < -0.4 is 16.1 Å². The second kappa shape index (κ2) is 6.53. The van der Waals surface area contributed by atoms with E-state index >= 15 is 0 Å². The van der Waals surface area contributed by atoms with E-state index in [-0.39, 0.29) is 11.3 Å². The Morgan fingerprint density at radius 3 is 2.68 bits per heavy atom. The summed E-state index contributed by atoms with van der Waals surface area (Å²) in [5.74, 6) is -2.11. The summed E-state index contributed by atoms with van der Waals surface area (Å²) in [5, 5.41) is 4.42. The molecule has 0 fully saturated rings. The second-order valence-corrected chi connectivity index (χ2v) is 4.17. The number of benzene rings is 1. The van der Waals surface area contributed by atoms with E-state index in [1.807, 2.05) is 5.32 Å². The third-order valence-corrected chi connectivity index (χ3v) is 2.65. The van der Waals surface area contributed by atoms with Crippen LogP contribution in [0.4, 0.5) is 4.79 Å². The Morgan fingerprint density at radius 2 is 1.95 bits per heavy atom. The Hall–Kier alpha value is -3.16. The Morgan fingerprint density at radius 1 is 1.23 bits per heavy atom. The van der Waals surface area contributed by atoms with Crippen molar-refractivity contribution in [3.05, 3.63) is 46.3 Å². The summed E-state index contributed by atoms with van der Waals surface area (Å²) < 4.78 is 9.93. The molecule has 8 heteroatoms. The highest BCUT2D eigenvalue weighted by molar-refractivity contribution is 5.96. The Balaban J connectivity index is 2.09. The third-order valence-electron chi connectivity index (χ3n) is 2.65. The molecule has 3 amide bonds. The number of ether oxygens (including phenoxy) is 1. The van der Waals surface area contributed by atoms with Gasteiger partial charge < -0.3 is 14.5 Å². The number of para-hydroxylation sites is 1. The standard InChI is InChI=1S/C14H12N2O6/c1-15-14(20)16-12(18)7-21-13(19)11-6-9(17)8-4-2-3-5-10(8)22-11/h2-6H,7H2,1H3,(H2,15,16,18,20). The SMILES string of the molecule is CNC(=O)NC(=O)COC(=O)c1cc(=O)c2ccccc2o1. The molecule has 2 rings (SSSR count). The molecular formula is C14H12N2O6. The molecule has 1 heterocycles. The fourth-order valence-electron chi connectivity index (χ4n) is 1.63. The molecule has 8 nitrogen and oxygen atoms in total. The number of carbonyl (C=O) groups is 3. The first kappa shape index (κ1) is 15.2. The average molecular weight is 304 g/mol. The molecule has 22 heavy (non-hydrogen) atoms. The highest BCUT2D eigenvalue weighted by atomic mass is 16.5. The Labute approximate surface area is 124 Å². The first-order valence-corrected chi connectivity index (χ1v) is 6.23. The van der Waals surface area contributed by atoms with E-state index in [4.69, 9.17) is 4.42 Å². The lowest BCUT2D eigenvalue weighted by Crippen LogP contribution is -2.39. The van der Waals surface area contributed by atoms with E-state index in [0.29, 0.717) is 5.39 Å². The monoisotopic (exact) mass is 304 g/mol.